The molecule has 3 aromatic rings. The van der Waals surface area contributed by atoms with Crippen LogP contribution in [0.25, 0.3) is 0 Å². The van der Waals surface area contributed by atoms with E-state index < -0.39 is 11.4 Å². The molecule has 1 aromatic carbocycles. The molecule has 0 spiro atoms. The molecule has 0 unspecified atom stereocenters. The molecule has 0 radical (unpaired) electrons. The van der Waals surface area contributed by atoms with Crippen LogP contribution in [0.4, 0.5) is 10.3 Å². The lowest BCUT2D eigenvalue weighted by atomic mass is 9.92. The second kappa shape index (κ2) is 7.62. The van der Waals surface area contributed by atoms with E-state index in [0.29, 0.717) is 29.0 Å². The summed E-state index contributed by atoms with van der Waals surface area (Å²) in [5.41, 5.74) is 0.938. The third-order valence-corrected chi connectivity index (χ3v) is 6.68. The molecule has 1 amide bonds. The highest BCUT2D eigenvalue weighted by Crippen LogP contribution is 2.46. The van der Waals surface area contributed by atoms with E-state index in [0.717, 1.165) is 22.8 Å². The lowest BCUT2D eigenvalue weighted by Crippen LogP contribution is -2.40. The molecule has 0 saturated heterocycles. The Morgan fingerprint density at radius 2 is 1.97 bits per heavy atom. The summed E-state index contributed by atoms with van der Waals surface area (Å²) < 4.78 is 17.5. The van der Waals surface area contributed by atoms with Gasteiger partial charge in [-0.2, -0.15) is 0 Å². The van der Waals surface area contributed by atoms with Crippen LogP contribution in [0.1, 0.15) is 15.2 Å². The van der Waals surface area contributed by atoms with E-state index in [9.17, 15) is 9.18 Å². The van der Waals surface area contributed by atoms with Crippen LogP contribution in [0.5, 0.6) is 0 Å². The number of carbonyl (C=O) groups is 1. The first kappa shape index (κ1) is 18.9. The van der Waals surface area contributed by atoms with E-state index in [2.05, 4.69) is 19.7 Å². The number of fused-ring (bicyclic) bond motifs is 1. The van der Waals surface area contributed by atoms with Crippen LogP contribution < -0.4 is 10.2 Å². The molecule has 30 heavy (non-hydrogen) atoms. The highest BCUT2D eigenvalue weighted by atomic mass is 32.2. The molecule has 7 nitrogen and oxygen atoms in total. The minimum absolute atomic E-state index is 0.203. The fraction of sp³-hybridized carbons (Fsp3) is 0.150. The number of amidine groups is 1. The molecule has 150 valence electrons. The number of nitrogens with zero attached hydrogens (tertiary/aromatic N) is 5. The fourth-order valence-electron chi connectivity index (χ4n) is 3.43. The minimum Gasteiger partial charge on any atom is -0.314 e. The molecule has 4 heterocycles. The maximum Gasteiger partial charge on any atom is 0.257 e. The topological polar surface area (TPSA) is 83.4 Å². The van der Waals surface area contributed by atoms with Crippen molar-refractivity contribution in [3.05, 3.63) is 83.0 Å². The molecule has 1 atom stereocenters. The zero-order valence-corrected chi connectivity index (χ0v) is 17.2. The summed E-state index contributed by atoms with van der Waals surface area (Å²) in [6.07, 6.45) is 5.99. The second-order valence-corrected chi connectivity index (χ2v) is 8.54. The standard InChI is InChI=1S/C20H15FN6OS2/c21-15-8-22-18(23-9-15)27-10-14-11-29-19(25-17(28)13-4-2-1-3-5-13)26-20(14,12-27)16-6-7-24-30-16/h1-10H,11-12H2,(H,25,26,28)/t20-/m0/s1. The van der Waals surface area contributed by atoms with Gasteiger partial charge in [0.05, 0.1) is 23.8 Å². The SMILES string of the molecule is O=C(NC1=N[C@@]2(c3ccns3)CN(c3ncc(F)cn3)C=C2CS1)c1ccccc1. The van der Waals surface area contributed by atoms with Crippen molar-refractivity contribution < 1.29 is 9.18 Å². The lowest BCUT2D eigenvalue weighted by Gasteiger charge is -2.31. The molecular formula is C20H15FN6OS2. The fourth-order valence-corrected chi connectivity index (χ4v) is 5.17. The maximum atomic E-state index is 13.2. The number of thioether (sulfide) groups is 1. The van der Waals surface area contributed by atoms with Crippen molar-refractivity contribution in [2.45, 2.75) is 5.54 Å². The van der Waals surface area contributed by atoms with Crippen LogP contribution in [0.2, 0.25) is 0 Å². The Bertz CT molecular complexity index is 1130. The number of nitrogens with one attached hydrogen (secondary N) is 1. The van der Waals surface area contributed by atoms with Crippen molar-refractivity contribution in [1.82, 2.24) is 19.7 Å². The number of rotatable bonds is 3. The number of anilines is 1. The normalized spacial score (nSPS) is 20.4. The number of hydrogen-bond acceptors (Lipinski definition) is 8. The van der Waals surface area contributed by atoms with Crippen molar-refractivity contribution in [3.63, 3.8) is 0 Å². The number of halogens is 1. The van der Waals surface area contributed by atoms with E-state index >= 15 is 0 Å². The van der Waals surface area contributed by atoms with Gasteiger partial charge in [0.15, 0.2) is 11.0 Å². The predicted octanol–water partition coefficient (Wildman–Crippen LogP) is 3.20. The van der Waals surface area contributed by atoms with Crippen LogP contribution in [0.3, 0.4) is 0 Å². The van der Waals surface area contributed by atoms with Gasteiger partial charge in [-0.1, -0.05) is 30.0 Å². The minimum atomic E-state index is -0.691. The number of aromatic nitrogens is 3. The molecule has 2 aliphatic heterocycles. The van der Waals surface area contributed by atoms with Crippen molar-refractivity contribution in [1.29, 1.82) is 0 Å². The average Bonchev–Trinajstić information content (AvgIpc) is 3.43. The quantitative estimate of drug-likeness (QED) is 0.676. The monoisotopic (exact) mass is 438 g/mol. The van der Waals surface area contributed by atoms with Gasteiger partial charge in [0.25, 0.3) is 5.91 Å². The van der Waals surface area contributed by atoms with Gasteiger partial charge < -0.3 is 10.2 Å². The van der Waals surface area contributed by atoms with Crippen LogP contribution >= 0.6 is 23.3 Å². The Morgan fingerprint density at radius 1 is 1.17 bits per heavy atom. The van der Waals surface area contributed by atoms with E-state index in [-0.39, 0.29) is 5.91 Å². The smallest absolute Gasteiger partial charge is 0.257 e. The van der Waals surface area contributed by atoms with Crippen LogP contribution in [-0.4, -0.2) is 37.7 Å². The number of carbonyl (C=O) groups excluding carboxylic acids is 1. The Kier molecular flexibility index (Phi) is 4.80. The Labute approximate surface area is 179 Å². The number of aliphatic imine (C=N–C) groups is 1. The first-order valence-electron chi connectivity index (χ1n) is 9.10. The molecule has 0 bridgehead atoms. The first-order valence-corrected chi connectivity index (χ1v) is 10.9. The molecule has 2 aliphatic rings. The third kappa shape index (κ3) is 3.37. The largest absolute Gasteiger partial charge is 0.314 e. The Balaban J connectivity index is 1.48. The molecule has 2 aromatic heterocycles. The summed E-state index contributed by atoms with van der Waals surface area (Å²) in [6, 6.07) is 11.0. The third-order valence-electron chi connectivity index (χ3n) is 4.86. The molecular weight excluding hydrogens is 423 g/mol. The second-order valence-electron chi connectivity index (χ2n) is 6.75. The van der Waals surface area contributed by atoms with Crippen molar-refractivity contribution in [2.75, 3.05) is 17.2 Å². The zero-order chi connectivity index (χ0) is 20.6. The summed E-state index contributed by atoms with van der Waals surface area (Å²) in [7, 11) is 0. The molecule has 1 N–H and O–H groups in total. The summed E-state index contributed by atoms with van der Waals surface area (Å²) in [4.78, 5) is 28.6. The maximum absolute atomic E-state index is 13.2. The molecule has 0 fully saturated rings. The molecule has 0 aliphatic carbocycles. The van der Waals surface area contributed by atoms with Gasteiger partial charge in [0, 0.05) is 23.7 Å². The van der Waals surface area contributed by atoms with Gasteiger partial charge in [0.1, 0.15) is 5.54 Å². The van der Waals surface area contributed by atoms with Crippen molar-refractivity contribution in [2.24, 2.45) is 4.99 Å². The molecule has 5 rings (SSSR count). The van der Waals surface area contributed by atoms with E-state index in [1.54, 1.807) is 18.3 Å². The number of hydrogen-bond donors (Lipinski definition) is 1. The van der Waals surface area contributed by atoms with Crippen molar-refractivity contribution >= 4 is 40.3 Å². The summed E-state index contributed by atoms with van der Waals surface area (Å²) in [5, 5.41) is 3.48. The first-order chi connectivity index (χ1) is 14.6. The van der Waals surface area contributed by atoms with Crippen LogP contribution in [0.15, 0.2) is 71.8 Å². The van der Waals surface area contributed by atoms with Crippen LogP contribution in [0, 0.1) is 5.82 Å². The van der Waals surface area contributed by atoms with Crippen molar-refractivity contribution in [3.8, 4) is 0 Å². The lowest BCUT2D eigenvalue weighted by molar-refractivity contribution is 0.0977. The van der Waals surface area contributed by atoms with Gasteiger partial charge in [-0.05, 0) is 35.3 Å². The summed E-state index contributed by atoms with van der Waals surface area (Å²) in [5.74, 6) is 0.353. The van der Waals surface area contributed by atoms with Crippen LogP contribution in [-0.2, 0) is 5.54 Å². The average molecular weight is 439 g/mol. The van der Waals surface area contributed by atoms with Gasteiger partial charge in [0.2, 0.25) is 5.95 Å². The number of benzene rings is 1. The highest BCUT2D eigenvalue weighted by molar-refractivity contribution is 8.14. The summed E-state index contributed by atoms with van der Waals surface area (Å²) >= 11 is 2.83. The van der Waals surface area contributed by atoms with E-state index in [1.807, 2.05) is 35.4 Å². The summed E-state index contributed by atoms with van der Waals surface area (Å²) in [6.45, 7) is 0.446. The highest BCUT2D eigenvalue weighted by Gasteiger charge is 2.47. The van der Waals surface area contributed by atoms with Gasteiger partial charge in [-0.25, -0.2) is 23.7 Å². The Hall–Kier alpha value is -3.11. The zero-order valence-electron chi connectivity index (χ0n) is 15.5. The molecule has 0 saturated carbocycles. The van der Waals surface area contributed by atoms with Gasteiger partial charge in [-0.15, -0.1) is 0 Å². The predicted molar refractivity (Wildman–Crippen MR) is 115 cm³/mol. The number of amides is 1. The van der Waals surface area contributed by atoms with Gasteiger partial charge in [-0.3, -0.25) is 4.79 Å². The van der Waals surface area contributed by atoms with Gasteiger partial charge >= 0.3 is 0 Å². The van der Waals surface area contributed by atoms with E-state index in [1.165, 1.54) is 23.3 Å². The van der Waals surface area contributed by atoms with E-state index in [4.69, 9.17) is 4.99 Å². The molecule has 10 heteroatoms. The Morgan fingerprint density at radius 3 is 2.70 bits per heavy atom.